The van der Waals surface area contributed by atoms with E-state index in [9.17, 15) is 14.7 Å². The second kappa shape index (κ2) is 8.26. The minimum atomic E-state index is -0.995. The topological polar surface area (TPSA) is 89.5 Å². The van der Waals surface area contributed by atoms with Crippen molar-refractivity contribution in [2.24, 2.45) is 0 Å². The van der Waals surface area contributed by atoms with Crippen LogP contribution in [0.3, 0.4) is 0 Å². The third-order valence-corrected chi connectivity index (χ3v) is 5.89. The van der Waals surface area contributed by atoms with Gasteiger partial charge < -0.3 is 5.11 Å². The summed E-state index contributed by atoms with van der Waals surface area (Å²) in [6, 6.07) is 18.6. The fourth-order valence-electron chi connectivity index (χ4n) is 4.46. The molecule has 1 saturated carbocycles. The van der Waals surface area contributed by atoms with Crippen molar-refractivity contribution in [3.05, 3.63) is 88.9 Å². The van der Waals surface area contributed by atoms with E-state index < -0.39 is 5.97 Å². The number of allylic oxidation sites excluding steroid dienone is 1. The first-order chi connectivity index (χ1) is 15.6. The van der Waals surface area contributed by atoms with Crippen LogP contribution in [0.1, 0.15) is 31.7 Å². The first kappa shape index (κ1) is 19.9. The van der Waals surface area contributed by atoms with Crippen molar-refractivity contribution in [1.82, 2.24) is 19.4 Å². The van der Waals surface area contributed by atoms with Gasteiger partial charge in [0.2, 0.25) is 0 Å². The fraction of sp³-hybridized carbons (Fsp3) is 0.200. The van der Waals surface area contributed by atoms with Gasteiger partial charge in [0.1, 0.15) is 5.69 Å². The average Bonchev–Trinajstić information content (AvgIpc) is 3.20. The van der Waals surface area contributed by atoms with E-state index in [1.807, 2.05) is 59.2 Å². The van der Waals surface area contributed by atoms with E-state index in [1.54, 1.807) is 6.07 Å². The van der Waals surface area contributed by atoms with Crippen molar-refractivity contribution in [2.45, 2.75) is 31.7 Å². The molecule has 0 spiro atoms. The summed E-state index contributed by atoms with van der Waals surface area (Å²) in [5.41, 5.74) is 4.58. The molecule has 160 valence electrons. The molecule has 7 nitrogen and oxygen atoms in total. The highest BCUT2D eigenvalue weighted by Crippen LogP contribution is 2.35. The van der Waals surface area contributed by atoms with Crippen LogP contribution in [0.4, 0.5) is 0 Å². The lowest BCUT2D eigenvalue weighted by Crippen LogP contribution is -2.30. The van der Waals surface area contributed by atoms with E-state index in [0.717, 1.165) is 40.8 Å². The molecule has 3 heterocycles. The highest BCUT2D eigenvalue weighted by Gasteiger charge is 2.25. The molecule has 0 radical (unpaired) electrons. The average molecular weight is 426 g/mol. The van der Waals surface area contributed by atoms with Crippen molar-refractivity contribution >= 4 is 11.5 Å². The van der Waals surface area contributed by atoms with E-state index in [1.165, 1.54) is 16.8 Å². The summed E-state index contributed by atoms with van der Waals surface area (Å²) in [4.78, 5) is 24.1. The molecule has 0 amide bonds. The molecule has 1 N–H and O–H groups in total. The standard InChI is InChI=1S/C25H22N4O3/c30-22-14-13-19(26-29(22)20-11-5-4-10-18(20)16-23(31)32)24-21-12-6-7-15-28(21)27-25(24)17-8-2-1-3-9-17/h1-3,6-9,12-16,20H,4-5,10-11H2,(H,31,32). The van der Waals surface area contributed by atoms with Gasteiger partial charge in [-0.1, -0.05) is 42.8 Å². The van der Waals surface area contributed by atoms with Crippen molar-refractivity contribution in [3.8, 4) is 22.5 Å². The zero-order valence-corrected chi connectivity index (χ0v) is 17.4. The molecule has 1 aliphatic carbocycles. The lowest BCUT2D eigenvalue weighted by atomic mass is 9.89. The van der Waals surface area contributed by atoms with Gasteiger partial charge in [-0.15, -0.1) is 0 Å². The van der Waals surface area contributed by atoms with E-state index in [2.05, 4.69) is 0 Å². The molecule has 4 aromatic rings. The number of carbonyl (C=O) groups is 1. The van der Waals surface area contributed by atoms with E-state index >= 15 is 0 Å². The SMILES string of the molecule is O=C(O)C=C1CCCCC1n1nc(-c2c(-c3ccccc3)nn3ccccc23)ccc1=O. The minimum absolute atomic E-state index is 0.241. The smallest absolute Gasteiger partial charge is 0.328 e. The van der Waals surface area contributed by atoms with E-state index in [4.69, 9.17) is 10.2 Å². The molecule has 5 rings (SSSR count). The molecule has 3 aromatic heterocycles. The van der Waals surface area contributed by atoms with Gasteiger partial charge in [-0.25, -0.2) is 14.0 Å². The second-order valence-electron chi connectivity index (χ2n) is 7.94. The molecule has 32 heavy (non-hydrogen) atoms. The number of rotatable bonds is 4. The molecule has 1 atom stereocenters. The maximum atomic E-state index is 12.8. The van der Waals surface area contributed by atoms with E-state index in [0.29, 0.717) is 18.5 Å². The minimum Gasteiger partial charge on any atom is -0.478 e. The summed E-state index contributed by atoms with van der Waals surface area (Å²) < 4.78 is 3.26. The summed E-state index contributed by atoms with van der Waals surface area (Å²) in [6.07, 6.45) is 6.30. The Morgan fingerprint density at radius 3 is 2.62 bits per heavy atom. The third-order valence-electron chi connectivity index (χ3n) is 5.89. The Morgan fingerprint density at radius 1 is 1.00 bits per heavy atom. The van der Waals surface area contributed by atoms with Crippen LogP contribution in [-0.4, -0.2) is 30.5 Å². The van der Waals surface area contributed by atoms with Crippen molar-refractivity contribution in [3.63, 3.8) is 0 Å². The lowest BCUT2D eigenvalue weighted by Gasteiger charge is -2.26. The molecule has 1 fully saturated rings. The molecule has 0 aliphatic heterocycles. The van der Waals surface area contributed by atoms with Crippen LogP contribution >= 0.6 is 0 Å². The van der Waals surface area contributed by atoms with Crippen LogP contribution < -0.4 is 5.56 Å². The van der Waals surface area contributed by atoms with Gasteiger partial charge in [0, 0.05) is 23.9 Å². The maximum Gasteiger partial charge on any atom is 0.328 e. The van der Waals surface area contributed by atoms with Crippen LogP contribution in [0.15, 0.2) is 83.3 Å². The Morgan fingerprint density at radius 2 is 1.81 bits per heavy atom. The second-order valence-corrected chi connectivity index (χ2v) is 7.94. The van der Waals surface area contributed by atoms with Gasteiger partial charge in [-0.05, 0) is 43.0 Å². The predicted octanol–water partition coefficient (Wildman–Crippen LogP) is 4.35. The van der Waals surface area contributed by atoms with Crippen LogP contribution in [0, 0.1) is 0 Å². The highest BCUT2D eigenvalue weighted by atomic mass is 16.4. The van der Waals surface area contributed by atoms with Crippen LogP contribution in [0.25, 0.3) is 28.0 Å². The quantitative estimate of drug-likeness (QED) is 0.490. The number of carboxylic acid groups (broad SMARTS) is 1. The monoisotopic (exact) mass is 426 g/mol. The lowest BCUT2D eigenvalue weighted by molar-refractivity contribution is -0.131. The maximum absolute atomic E-state index is 12.8. The number of benzene rings is 1. The predicted molar refractivity (Wildman–Crippen MR) is 121 cm³/mol. The largest absolute Gasteiger partial charge is 0.478 e. The van der Waals surface area contributed by atoms with Crippen LogP contribution in [0.5, 0.6) is 0 Å². The van der Waals surface area contributed by atoms with Gasteiger partial charge in [0.25, 0.3) is 5.56 Å². The number of fused-ring (bicyclic) bond motifs is 1. The number of aromatic nitrogens is 4. The van der Waals surface area contributed by atoms with Gasteiger partial charge in [-0.2, -0.15) is 10.2 Å². The summed E-state index contributed by atoms with van der Waals surface area (Å²) in [5, 5.41) is 18.8. The molecule has 7 heteroatoms. The van der Waals surface area contributed by atoms with Gasteiger partial charge >= 0.3 is 5.97 Å². The number of hydrogen-bond acceptors (Lipinski definition) is 4. The molecule has 0 bridgehead atoms. The summed E-state index contributed by atoms with van der Waals surface area (Å²) in [5.74, 6) is -0.995. The Balaban J connectivity index is 1.71. The Labute approximate surface area is 184 Å². The molecular formula is C25H22N4O3. The first-order valence-corrected chi connectivity index (χ1v) is 10.7. The van der Waals surface area contributed by atoms with Crippen molar-refractivity contribution in [2.75, 3.05) is 0 Å². The molecule has 0 saturated heterocycles. The zero-order valence-electron chi connectivity index (χ0n) is 17.4. The van der Waals surface area contributed by atoms with E-state index in [-0.39, 0.29) is 11.6 Å². The van der Waals surface area contributed by atoms with Gasteiger partial charge in [-0.3, -0.25) is 4.79 Å². The third kappa shape index (κ3) is 3.62. The molecule has 1 unspecified atom stereocenters. The molecular weight excluding hydrogens is 404 g/mol. The van der Waals surface area contributed by atoms with Crippen molar-refractivity contribution in [1.29, 1.82) is 0 Å². The Hall–Kier alpha value is -4.00. The summed E-state index contributed by atoms with van der Waals surface area (Å²) >= 11 is 0. The number of hydrogen-bond donors (Lipinski definition) is 1. The Kier molecular flexibility index (Phi) is 5.15. The summed E-state index contributed by atoms with van der Waals surface area (Å²) in [7, 11) is 0. The van der Waals surface area contributed by atoms with Crippen LogP contribution in [-0.2, 0) is 4.79 Å². The number of carboxylic acids is 1. The molecule has 1 aromatic carbocycles. The number of pyridine rings is 1. The van der Waals surface area contributed by atoms with Gasteiger partial charge in [0.15, 0.2) is 0 Å². The normalized spacial score (nSPS) is 17.6. The highest BCUT2D eigenvalue weighted by molar-refractivity contribution is 5.90. The summed E-state index contributed by atoms with van der Waals surface area (Å²) in [6.45, 7) is 0. The molecule has 1 aliphatic rings. The van der Waals surface area contributed by atoms with Gasteiger partial charge in [0.05, 0.1) is 22.8 Å². The number of aliphatic carboxylic acids is 1. The number of nitrogens with zero attached hydrogens (tertiary/aromatic N) is 4. The van der Waals surface area contributed by atoms with Crippen LogP contribution in [0.2, 0.25) is 0 Å². The fourth-order valence-corrected chi connectivity index (χ4v) is 4.46. The van der Waals surface area contributed by atoms with Crippen molar-refractivity contribution < 1.29 is 9.90 Å². The Bertz CT molecular complexity index is 1390. The zero-order chi connectivity index (χ0) is 22.1. The first-order valence-electron chi connectivity index (χ1n) is 10.7.